The molecule has 0 aliphatic rings. The molecule has 0 saturated carbocycles. The predicted octanol–water partition coefficient (Wildman–Crippen LogP) is 3.56. The molecule has 0 radical (unpaired) electrons. The highest BCUT2D eigenvalue weighted by atomic mass is 19.2. The molecule has 0 heterocycles. The number of hydrogen-bond donors (Lipinski definition) is 1. The number of ether oxygens (including phenoxy) is 1. The summed E-state index contributed by atoms with van der Waals surface area (Å²) in [5.74, 6) is -1.08. The van der Waals surface area contributed by atoms with Gasteiger partial charge in [0.2, 0.25) is 0 Å². The second-order valence-electron chi connectivity index (χ2n) is 4.40. The quantitative estimate of drug-likeness (QED) is 0.915. The maximum absolute atomic E-state index is 13.0. The van der Waals surface area contributed by atoms with Crippen molar-refractivity contribution in [1.29, 1.82) is 0 Å². The third-order valence-electron chi connectivity index (χ3n) is 2.77. The number of nitrogens with two attached hydrogens (primary N) is 1. The summed E-state index contributed by atoms with van der Waals surface area (Å²) >= 11 is 0. The standard InChI is InChI=1S/C15H15F2NO/c1-10(18)12-3-2-4-13(8-12)19-9-11-5-6-14(16)15(17)7-11/h2-8,10H,9,18H2,1H3/t10-/m1/s1. The Hall–Kier alpha value is -1.94. The van der Waals surface area contributed by atoms with E-state index in [1.807, 2.05) is 25.1 Å². The van der Waals surface area contributed by atoms with E-state index >= 15 is 0 Å². The topological polar surface area (TPSA) is 35.2 Å². The van der Waals surface area contributed by atoms with E-state index < -0.39 is 11.6 Å². The third kappa shape index (κ3) is 3.51. The van der Waals surface area contributed by atoms with Crippen LogP contribution >= 0.6 is 0 Å². The first-order valence-corrected chi connectivity index (χ1v) is 5.98. The Balaban J connectivity index is 2.05. The molecule has 2 N–H and O–H groups in total. The molecule has 0 aliphatic heterocycles. The minimum atomic E-state index is -0.870. The molecule has 0 amide bonds. The summed E-state index contributed by atoms with van der Waals surface area (Å²) in [6.07, 6.45) is 0. The van der Waals surface area contributed by atoms with Crippen LogP contribution in [0.15, 0.2) is 42.5 Å². The molecular formula is C15H15F2NO. The summed E-state index contributed by atoms with van der Waals surface area (Å²) in [5.41, 5.74) is 7.31. The highest BCUT2D eigenvalue weighted by molar-refractivity contribution is 5.30. The van der Waals surface area contributed by atoms with Crippen LogP contribution < -0.4 is 10.5 Å². The first kappa shape index (κ1) is 13.5. The number of hydrogen-bond acceptors (Lipinski definition) is 2. The Bertz CT molecular complexity index is 570. The van der Waals surface area contributed by atoms with E-state index in [1.165, 1.54) is 6.07 Å². The van der Waals surface area contributed by atoms with E-state index in [0.717, 1.165) is 17.7 Å². The molecule has 19 heavy (non-hydrogen) atoms. The zero-order chi connectivity index (χ0) is 13.8. The Kier molecular flexibility index (Phi) is 4.12. The fourth-order valence-electron chi connectivity index (χ4n) is 1.68. The summed E-state index contributed by atoms with van der Waals surface area (Å²) < 4.78 is 31.3. The van der Waals surface area contributed by atoms with Gasteiger partial charge in [-0.05, 0) is 42.3 Å². The van der Waals surface area contributed by atoms with Crippen molar-refractivity contribution >= 4 is 0 Å². The van der Waals surface area contributed by atoms with E-state index in [4.69, 9.17) is 10.5 Å². The van der Waals surface area contributed by atoms with Crippen LogP contribution in [0.5, 0.6) is 5.75 Å². The van der Waals surface area contributed by atoms with Gasteiger partial charge >= 0.3 is 0 Å². The van der Waals surface area contributed by atoms with Crippen molar-refractivity contribution in [3.05, 3.63) is 65.2 Å². The van der Waals surface area contributed by atoms with Crippen LogP contribution in [0.3, 0.4) is 0 Å². The number of halogens is 2. The van der Waals surface area contributed by atoms with Crippen LogP contribution in [0, 0.1) is 11.6 Å². The van der Waals surface area contributed by atoms with Crippen LogP contribution in [-0.4, -0.2) is 0 Å². The van der Waals surface area contributed by atoms with Crippen LogP contribution in [0.25, 0.3) is 0 Å². The number of rotatable bonds is 4. The lowest BCUT2D eigenvalue weighted by molar-refractivity contribution is 0.304. The van der Waals surface area contributed by atoms with E-state index in [1.54, 1.807) is 6.07 Å². The smallest absolute Gasteiger partial charge is 0.159 e. The van der Waals surface area contributed by atoms with Crippen LogP contribution in [0.4, 0.5) is 8.78 Å². The molecule has 2 rings (SSSR count). The lowest BCUT2D eigenvalue weighted by Crippen LogP contribution is -2.05. The zero-order valence-corrected chi connectivity index (χ0v) is 10.6. The summed E-state index contributed by atoms with van der Waals surface area (Å²) in [7, 11) is 0. The Labute approximate surface area is 110 Å². The molecule has 0 aliphatic carbocycles. The van der Waals surface area contributed by atoms with Gasteiger partial charge in [-0.25, -0.2) is 8.78 Å². The van der Waals surface area contributed by atoms with Crippen LogP contribution in [-0.2, 0) is 6.61 Å². The first-order chi connectivity index (χ1) is 9.06. The van der Waals surface area contributed by atoms with E-state index in [9.17, 15) is 8.78 Å². The van der Waals surface area contributed by atoms with Gasteiger partial charge in [-0.15, -0.1) is 0 Å². The largest absolute Gasteiger partial charge is 0.489 e. The van der Waals surface area contributed by atoms with Gasteiger partial charge in [-0.2, -0.15) is 0 Å². The summed E-state index contributed by atoms with van der Waals surface area (Å²) in [6, 6.07) is 11.0. The molecule has 2 aromatic rings. The van der Waals surface area contributed by atoms with Gasteiger partial charge in [0.15, 0.2) is 11.6 Å². The number of benzene rings is 2. The Morgan fingerprint density at radius 3 is 2.58 bits per heavy atom. The monoisotopic (exact) mass is 263 g/mol. The molecule has 0 bridgehead atoms. The predicted molar refractivity (Wildman–Crippen MR) is 69.7 cm³/mol. The summed E-state index contributed by atoms with van der Waals surface area (Å²) in [6.45, 7) is 2.06. The van der Waals surface area contributed by atoms with Gasteiger partial charge in [0.25, 0.3) is 0 Å². The van der Waals surface area contributed by atoms with Gasteiger partial charge in [0.1, 0.15) is 12.4 Å². The summed E-state index contributed by atoms with van der Waals surface area (Å²) in [5, 5.41) is 0. The van der Waals surface area contributed by atoms with Crippen molar-refractivity contribution in [2.24, 2.45) is 5.73 Å². The maximum atomic E-state index is 13.0. The highest BCUT2D eigenvalue weighted by Gasteiger charge is 2.04. The second kappa shape index (κ2) is 5.80. The molecule has 0 spiro atoms. The maximum Gasteiger partial charge on any atom is 0.159 e. The normalized spacial score (nSPS) is 12.2. The van der Waals surface area contributed by atoms with Crippen molar-refractivity contribution in [2.45, 2.75) is 19.6 Å². The fourth-order valence-corrected chi connectivity index (χ4v) is 1.68. The molecule has 1 atom stereocenters. The van der Waals surface area contributed by atoms with Gasteiger partial charge in [-0.1, -0.05) is 18.2 Å². The van der Waals surface area contributed by atoms with Gasteiger partial charge in [-0.3, -0.25) is 0 Å². The highest BCUT2D eigenvalue weighted by Crippen LogP contribution is 2.19. The van der Waals surface area contributed by atoms with Crippen molar-refractivity contribution in [3.8, 4) is 5.75 Å². The molecule has 100 valence electrons. The minimum Gasteiger partial charge on any atom is -0.489 e. The average molecular weight is 263 g/mol. The van der Waals surface area contributed by atoms with E-state index in [2.05, 4.69) is 0 Å². The van der Waals surface area contributed by atoms with Crippen LogP contribution in [0.2, 0.25) is 0 Å². The average Bonchev–Trinajstić information content (AvgIpc) is 2.40. The van der Waals surface area contributed by atoms with E-state index in [0.29, 0.717) is 11.3 Å². The lowest BCUT2D eigenvalue weighted by atomic mass is 10.1. The SMILES string of the molecule is C[C@@H](N)c1cccc(OCc2ccc(F)c(F)c2)c1. The lowest BCUT2D eigenvalue weighted by Gasteiger charge is -2.10. The Morgan fingerprint density at radius 2 is 1.89 bits per heavy atom. The Morgan fingerprint density at radius 1 is 1.11 bits per heavy atom. The van der Waals surface area contributed by atoms with E-state index in [-0.39, 0.29) is 12.6 Å². The molecule has 2 nitrogen and oxygen atoms in total. The molecular weight excluding hydrogens is 248 g/mol. The van der Waals surface area contributed by atoms with Crippen molar-refractivity contribution in [1.82, 2.24) is 0 Å². The molecule has 0 aromatic heterocycles. The minimum absolute atomic E-state index is 0.0770. The molecule has 0 fully saturated rings. The van der Waals surface area contributed by atoms with Crippen LogP contribution in [0.1, 0.15) is 24.1 Å². The first-order valence-electron chi connectivity index (χ1n) is 5.98. The van der Waals surface area contributed by atoms with Gasteiger partial charge in [0.05, 0.1) is 0 Å². The van der Waals surface area contributed by atoms with Crippen molar-refractivity contribution < 1.29 is 13.5 Å². The molecule has 2 aromatic carbocycles. The zero-order valence-electron chi connectivity index (χ0n) is 10.6. The summed E-state index contributed by atoms with van der Waals surface area (Å²) in [4.78, 5) is 0. The molecule has 0 unspecified atom stereocenters. The van der Waals surface area contributed by atoms with Crippen molar-refractivity contribution in [3.63, 3.8) is 0 Å². The third-order valence-corrected chi connectivity index (χ3v) is 2.77. The second-order valence-corrected chi connectivity index (χ2v) is 4.40. The molecule has 0 saturated heterocycles. The van der Waals surface area contributed by atoms with Gasteiger partial charge < -0.3 is 10.5 Å². The fraction of sp³-hybridized carbons (Fsp3) is 0.200. The van der Waals surface area contributed by atoms with Gasteiger partial charge in [0, 0.05) is 6.04 Å². The molecule has 4 heteroatoms. The van der Waals surface area contributed by atoms with Crippen molar-refractivity contribution in [2.75, 3.05) is 0 Å².